The number of carbonyl (C=O) groups is 1. The highest BCUT2D eigenvalue weighted by molar-refractivity contribution is 7.89. The minimum absolute atomic E-state index is 0.00472. The van der Waals surface area contributed by atoms with E-state index in [1.165, 1.54) is 16.4 Å². The number of amides is 1. The van der Waals surface area contributed by atoms with Crippen LogP contribution in [-0.2, 0) is 32.5 Å². The number of hydrogen-bond donors (Lipinski definition) is 0. The number of nitrogens with zero attached hydrogens (tertiary/aromatic N) is 3. The standard InChI is InChI=1S/C19H22F3N3O4S/c20-19(21,22)18(26)24-9-6-14-4-5-17(11-15(14)12-24)30(27,28)25(8-2-7-23)13-16-3-1-10-29-16/h4-5,11,16H,1-3,6,8-10,12-13H2. The maximum absolute atomic E-state index is 13.2. The zero-order chi connectivity index (χ0) is 21.9. The summed E-state index contributed by atoms with van der Waals surface area (Å²) < 4.78 is 71.4. The molecule has 1 amide bonds. The molecule has 1 aromatic carbocycles. The Bertz CT molecular complexity index is 937. The van der Waals surface area contributed by atoms with Crippen molar-refractivity contribution in [1.82, 2.24) is 9.21 Å². The van der Waals surface area contributed by atoms with Crippen molar-refractivity contribution in [2.45, 2.75) is 49.4 Å². The predicted octanol–water partition coefficient (Wildman–Crippen LogP) is 2.22. The molecule has 0 saturated carbocycles. The number of fused-ring (bicyclic) bond motifs is 1. The number of nitriles is 1. The Labute approximate surface area is 173 Å². The molecule has 11 heteroatoms. The van der Waals surface area contributed by atoms with Gasteiger partial charge in [-0.25, -0.2) is 8.42 Å². The van der Waals surface area contributed by atoms with Crippen LogP contribution in [0.4, 0.5) is 13.2 Å². The van der Waals surface area contributed by atoms with Crippen LogP contribution in [0.1, 0.15) is 30.4 Å². The van der Waals surface area contributed by atoms with Gasteiger partial charge in [-0.3, -0.25) is 4.79 Å². The summed E-state index contributed by atoms with van der Waals surface area (Å²) >= 11 is 0. The number of rotatable bonds is 6. The molecule has 1 fully saturated rings. The number of sulfonamides is 1. The number of halogens is 3. The van der Waals surface area contributed by atoms with E-state index in [2.05, 4.69) is 0 Å². The monoisotopic (exact) mass is 445 g/mol. The van der Waals surface area contributed by atoms with Crippen LogP contribution in [0, 0.1) is 11.3 Å². The second kappa shape index (κ2) is 8.91. The molecule has 30 heavy (non-hydrogen) atoms. The van der Waals surface area contributed by atoms with Gasteiger partial charge in [-0.15, -0.1) is 0 Å². The normalized spacial score (nSPS) is 19.6. The third-order valence-corrected chi connectivity index (χ3v) is 7.12. The van der Waals surface area contributed by atoms with E-state index in [1.54, 1.807) is 6.07 Å². The molecule has 3 rings (SSSR count). The average Bonchev–Trinajstić information content (AvgIpc) is 3.22. The fourth-order valence-electron chi connectivity index (χ4n) is 3.70. The van der Waals surface area contributed by atoms with Gasteiger partial charge < -0.3 is 9.64 Å². The van der Waals surface area contributed by atoms with Gasteiger partial charge in [0.2, 0.25) is 10.0 Å². The molecular formula is C19H22F3N3O4S. The lowest BCUT2D eigenvalue weighted by molar-refractivity contribution is -0.186. The maximum Gasteiger partial charge on any atom is 0.471 e. The summed E-state index contributed by atoms with van der Waals surface area (Å²) in [5.74, 6) is -1.93. The van der Waals surface area contributed by atoms with Crippen LogP contribution in [0.2, 0.25) is 0 Å². The summed E-state index contributed by atoms with van der Waals surface area (Å²) in [5.41, 5.74) is 1.08. The van der Waals surface area contributed by atoms with Crippen molar-refractivity contribution in [1.29, 1.82) is 5.26 Å². The Morgan fingerprint density at radius 1 is 1.33 bits per heavy atom. The van der Waals surface area contributed by atoms with Gasteiger partial charge in [0.25, 0.3) is 0 Å². The molecule has 1 unspecified atom stereocenters. The fraction of sp³-hybridized carbons (Fsp3) is 0.579. The number of hydrogen-bond acceptors (Lipinski definition) is 5. The molecule has 1 atom stereocenters. The molecule has 0 aliphatic carbocycles. The molecule has 0 N–H and O–H groups in total. The van der Waals surface area contributed by atoms with Crippen molar-refractivity contribution in [2.24, 2.45) is 0 Å². The molecule has 0 bridgehead atoms. The Balaban J connectivity index is 1.85. The smallest absolute Gasteiger partial charge is 0.377 e. The van der Waals surface area contributed by atoms with Gasteiger partial charge in [-0.05, 0) is 42.5 Å². The van der Waals surface area contributed by atoms with Crippen molar-refractivity contribution in [3.05, 3.63) is 29.3 Å². The quantitative estimate of drug-likeness (QED) is 0.670. The SMILES string of the molecule is N#CCCN(CC1CCCO1)S(=O)(=O)c1ccc2c(c1)CN(C(=O)C(F)(F)F)CC2. The summed E-state index contributed by atoms with van der Waals surface area (Å²) in [6, 6.07) is 6.26. The summed E-state index contributed by atoms with van der Waals surface area (Å²) in [4.78, 5) is 12.2. The lowest BCUT2D eigenvalue weighted by Crippen LogP contribution is -2.43. The topological polar surface area (TPSA) is 90.7 Å². The first kappa shape index (κ1) is 22.5. The van der Waals surface area contributed by atoms with E-state index >= 15 is 0 Å². The largest absolute Gasteiger partial charge is 0.471 e. The molecule has 7 nitrogen and oxygen atoms in total. The van der Waals surface area contributed by atoms with Gasteiger partial charge in [0.05, 0.1) is 17.1 Å². The first-order valence-corrected chi connectivity index (χ1v) is 11.0. The van der Waals surface area contributed by atoms with Crippen molar-refractivity contribution in [3.8, 4) is 6.07 Å². The Kier molecular flexibility index (Phi) is 6.69. The van der Waals surface area contributed by atoms with E-state index in [4.69, 9.17) is 10.00 Å². The molecule has 0 radical (unpaired) electrons. The van der Waals surface area contributed by atoms with Gasteiger partial charge >= 0.3 is 12.1 Å². The van der Waals surface area contributed by atoms with Gasteiger partial charge in [0.1, 0.15) is 0 Å². The summed E-state index contributed by atoms with van der Waals surface area (Å²) in [5, 5.41) is 8.89. The fourth-order valence-corrected chi connectivity index (χ4v) is 5.22. The van der Waals surface area contributed by atoms with Crippen LogP contribution >= 0.6 is 0 Å². The van der Waals surface area contributed by atoms with Crippen LogP contribution < -0.4 is 0 Å². The zero-order valence-electron chi connectivity index (χ0n) is 16.2. The third-order valence-electron chi connectivity index (χ3n) is 5.26. The molecule has 2 aliphatic rings. The van der Waals surface area contributed by atoms with Crippen molar-refractivity contribution < 1.29 is 31.1 Å². The molecule has 1 saturated heterocycles. The third kappa shape index (κ3) is 4.94. The first-order chi connectivity index (χ1) is 14.1. The van der Waals surface area contributed by atoms with Gasteiger partial charge in [0.15, 0.2) is 0 Å². The van der Waals surface area contributed by atoms with Crippen molar-refractivity contribution >= 4 is 15.9 Å². The Morgan fingerprint density at radius 3 is 2.73 bits per heavy atom. The zero-order valence-corrected chi connectivity index (χ0v) is 17.0. The van der Waals surface area contributed by atoms with Crippen molar-refractivity contribution in [3.63, 3.8) is 0 Å². The molecule has 0 aromatic heterocycles. The van der Waals surface area contributed by atoms with Crippen LogP contribution in [0.15, 0.2) is 23.1 Å². The number of alkyl halides is 3. The van der Waals surface area contributed by atoms with E-state index in [1.807, 2.05) is 6.07 Å². The Hall–Kier alpha value is -2.16. The highest BCUT2D eigenvalue weighted by Gasteiger charge is 2.43. The van der Waals surface area contributed by atoms with E-state index in [0.717, 1.165) is 12.8 Å². The van der Waals surface area contributed by atoms with Crippen LogP contribution in [-0.4, -0.2) is 62.1 Å². The van der Waals surface area contributed by atoms with Gasteiger partial charge in [0, 0.05) is 39.2 Å². The summed E-state index contributed by atoms with van der Waals surface area (Å²) in [7, 11) is -3.98. The highest BCUT2D eigenvalue weighted by Crippen LogP contribution is 2.28. The van der Waals surface area contributed by atoms with E-state index in [0.29, 0.717) is 22.6 Å². The van der Waals surface area contributed by atoms with Crippen LogP contribution in [0.3, 0.4) is 0 Å². The minimum Gasteiger partial charge on any atom is -0.377 e. The van der Waals surface area contributed by atoms with Crippen LogP contribution in [0.5, 0.6) is 0 Å². The summed E-state index contributed by atoms with van der Waals surface area (Å²) in [6.07, 6.45) is -3.46. The number of benzene rings is 1. The van der Waals surface area contributed by atoms with E-state index in [9.17, 15) is 26.4 Å². The van der Waals surface area contributed by atoms with Gasteiger partial charge in [-0.2, -0.15) is 22.7 Å². The summed E-state index contributed by atoms with van der Waals surface area (Å²) in [6.45, 7) is 0.276. The Morgan fingerprint density at radius 2 is 2.10 bits per heavy atom. The second-order valence-electron chi connectivity index (χ2n) is 7.31. The average molecular weight is 445 g/mol. The van der Waals surface area contributed by atoms with Crippen molar-refractivity contribution in [2.75, 3.05) is 26.2 Å². The molecule has 2 aliphatic heterocycles. The highest BCUT2D eigenvalue weighted by atomic mass is 32.2. The van der Waals surface area contributed by atoms with Gasteiger partial charge in [-0.1, -0.05) is 6.07 Å². The van der Waals surface area contributed by atoms with Crippen LogP contribution in [0.25, 0.3) is 0 Å². The van der Waals surface area contributed by atoms with E-state index < -0.39 is 22.1 Å². The lowest BCUT2D eigenvalue weighted by atomic mass is 10.00. The second-order valence-corrected chi connectivity index (χ2v) is 9.25. The molecular weight excluding hydrogens is 423 g/mol. The lowest BCUT2D eigenvalue weighted by Gasteiger charge is -2.30. The molecule has 164 valence electrons. The maximum atomic E-state index is 13.2. The first-order valence-electron chi connectivity index (χ1n) is 9.59. The predicted molar refractivity (Wildman–Crippen MR) is 99.6 cm³/mol. The number of carbonyl (C=O) groups excluding carboxylic acids is 1. The molecule has 2 heterocycles. The molecule has 1 aromatic rings. The molecule has 0 spiro atoms. The van der Waals surface area contributed by atoms with E-state index in [-0.39, 0.29) is 50.0 Å². The minimum atomic E-state index is -4.98. The number of ether oxygens (including phenoxy) is 1.